The third kappa shape index (κ3) is 3.66. The van der Waals surface area contributed by atoms with E-state index in [0.29, 0.717) is 16.6 Å². The highest BCUT2D eigenvalue weighted by atomic mass is 32.1. The number of nitrogens with one attached hydrogen (secondary N) is 1. The lowest BCUT2D eigenvalue weighted by atomic mass is 9.98. The van der Waals surface area contributed by atoms with Crippen LogP contribution < -0.4 is 14.8 Å². The van der Waals surface area contributed by atoms with E-state index in [4.69, 9.17) is 9.47 Å². The van der Waals surface area contributed by atoms with Crippen LogP contribution in [0.1, 0.15) is 22.3 Å². The molecular formula is C21H20N2O3S. The second-order valence-corrected chi connectivity index (χ2v) is 7.58. The Morgan fingerprint density at radius 3 is 2.63 bits per heavy atom. The van der Waals surface area contributed by atoms with Gasteiger partial charge in [0.25, 0.3) is 0 Å². The summed E-state index contributed by atoms with van der Waals surface area (Å²) in [5.74, 6) is 1.29. The van der Waals surface area contributed by atoms with E-state index in [1.165, 1.54) is 28.0 Å². The maximum atomic E-state index is 12.4. The summed E-state index contributed by atoms with van der Waals surface area (Å²) >= 11 is 1.44. The fourth-order valence-corrected chi connectivity index (χ4v) is 4.15. The van der Waals surface area contributed by atoms with E-state index in [-0.39, 0.29) is 19.1 Å². The minimum Gasteiger partial charge on any atom is -0.454 e. The van der Waals surface area contributed by atoms with Gasteiger partial charge < -0.3 is 14.8 Å². The first-order chi connectivity index (χ1) is 13.0. The van der Waals surface area contributed by atoms with Crippen LogP contribution >= 0.6 is 11.3 Å². The molecular weight excluding hydrogens is 360 g/mol. The lowest BCUT2D eigenvalue weighted by Gasteiger charge is -2.08. The van der Waals surface area contributed by atoms with Crippen molar-refractivity contribution < 1.29 is 14.3 Å². The number of carbonyl (C=O) groups excluding carboxylic acids is 1. The summed E-state index contributed by atoms with van der Waals surface area (Å²) in [6.45, 7) is 6.50. The number of fused-ring (bicyclic) bond motifs is 1. The van der Waals surface area contributed by atoms with Gasteiger partial charge in [-0.05, 0) is 49.6 Å². The topological polar surface area (TPSA) is 60.5 Å². The molecule has 1 N–H and O–H groups in total. The molecule has 1 amide bonds. The lowest BCUT2D eigenvalue weighted by Crippen LogP contribution is -2.14. The smallest absolute Gasteiger partial charge is 0.231 e. The third-order valence-corrected chi connectivity index (χ3v) is 5.24. The molecule has 0 aliphatic carbocycles. The molecule has 2 aromatic carbocycles. The monoisotopic (exact) mass is 380 g/mol. The highest BCUT2D eigenvalue weighted by molar-refractivity contribution is 7.14. The summed E-state index contributed by atoms with van der Waals surface area (Å²) in [7, 11) is 0. The van der Waals surface area contributed by atoms with Crippen LogP contribution in [-0.4, -0.2) is 17.7 Å². The Labute approximate surface area is 162 Å². The Bertz CT molecular complexity index is 1000. The Morgan fingerprint density at radius 1 is 1.11 bits per heavy atom. The highest BCUT2D eigenvalue weighted by Gasteiger charge is 2.16. The fraction of sp³-hybridized carbons (Fsp3) is 0.238. The number of thiazole rings is 1. The molecule has 1 aliphatic rings. The van der Waals surface area contributed by atoms with Crippen molar-refractivity contribution in [3.63, 3.8) is 0 Å². The van der Waals surface area contributed by atoms with E-state index in [9.17, 15) is 4.79 Å². The minimum atomic E-state index is -0.105. The van der Waals surface area contributed by atoms with Crippen molar-refractivity contribution in [2.45, 2.75) is 27.2 Å². The number of carbonyl (C=O) groups is 1. The molecule has 4 rings (SSSR count). The predicted molar refractivity (Wildman–Crippen MR) is 107 cm³/mol. The largest absolute Gasteiger partial charge is 0.454 e. The number of rotatable bonds is 4. The van der Waals surface area contributed by atoms with Gasteiger partial charge >= 0.3 is 0 Å². The van der Waals surface area contributed by atoms with Crippen LogP contribution in [0.5, 0.6) is 11.5 Å². The van der Waals surface area contributed by atoms with Crippen LogP contribution in [-0.2, 0) is 11.2 Å². The summed E-state index contributed by atoms with van der Waals surface area (Å²) in [5.41, 5.74) is 6.52. The molecule has 2 heterocycles. The molecule has 0 atom stereocenters. The predicted octanol–water partition coefficient (Wildman–Crippen LogP) is 4.65. The van der Waals surface area contributed by atoms with Crippen LogP contribution in [0.15, 0.2) is 35.7 Å². The number of hydrogen-bond acceptors (Lipinski definition) is 5. The first-order valence-electron chi connectivity index (χ1n) is 8.72. The molecule has 0 saturated heterocycles. The molecule has 0 radical (unpaired) electrons. The second kappa shape index (κ2) is 7.04. The van der Waals surface area contributed by atoms with Crippen LogP contribution in [0.25, 0.3) is 11.3 Å². The molecule has 27 heavy (non-hydrogen) atoms. The Hall–Kier alpha value is -2.86. The first-order valence-corrected chi connectivity index (χ1v) is 9.59. The maximum absolute atomic E-state index is 12.4. The molecule has 5 nitrogen and oxygen atoms in total. The van der Waals surface area contributed by atoms with E-state index >= 15 is 0 Å². The number of aryl methyl sites for hydroxylation is 3. The van der Waals surface area contributed by atoms with E-state index in [1.54, 1.807) is 0 Å². The van der Waals surface area contributed by atoms with Crippen molar-refractivity contribution in [3.8, 4) is 22.8 Å². The minimum absolute atomic E-state index is 0.105. The molecule has 0 unspecified atom stereocenters. The van der Waals surface area contributed by atoms with E-state index in [1.807, 2.05) is 23.6 Å². The van der Waals surface area contributed by atoms with Crippen molar-refractivity contribution in [3.05, 3.63) is 58.0 Å². The van der Waals surface area contributed by atoms with E-state index in [0.717, 1.165) is 16.8 Å². The number of benzene rings is 2. The Kier molecular flexibility index (Phi) is 4.58. The number of hydrogen-bond donors (Lipinski definition) is 1. The summed E-state index contributed by atoms with van der Waals surface area (Å²) < 4.78 is 10.7. The van der Waals surface area contributed by atoms with Crippen molar-refractivity contribution in [1.82, 2.24) is 4.98 Å². The van der Waals surface area contributed by atoms with Crippen molar-refractivity contribution >= 4 is 22.4 Å². The Balaban J connectivity index is 1.47. The van der Waals surface area contributed by atoms with Crippen LogP contribution in [0.2, 0.25) is 0 Å². The maximum Gasteiger partial charge on any atom is 0.231 e. The van der Waals surface area contributed by atoms with Gasteiger partial charge in [0.15, 0.2) is 16.6 Å². The van der Waals surface area contributed by atoms with Gasteiger partial charge in [-0.2, -0.15) is 0 Å². The molecule has 1 aromatic heterocycles. The molecule has 0 bridgehead atoms. The summed E-state index contributed by atoms with van der Waals surface area (Å²) in [6.07, 6.45) is 0.258. The van der Waals surface area contributed by atoms with Gasteiger partial charge in [-0.3, -0.25) is 4.79 Å². The van der Waals surface area contributed by atoms with E-state index < -0.39 is 0 Å². The SMILES string of the molecule is Cc1cc(C)c(-c2csc(NC(=O)Cc3ccc4c(c3)OCO4)n2)c(C)c1. The molecule has 3 aromatic rings. The fourth-order valence-electron chi connectivity index (χ4n) is 3.43. The van der Waals surface area contributed by atoms with Crippen molar-refractivity contribution in [1.29, 1.82) is 0 Å². The molecule has 138 valence electrons. The van der Waals surface area contributed by atoms with Crippen LogP contribution in [0.4, 0.5) is 5.13 Å². The number of aromatic nitrogens is 1. The van der Waals surface area contributed by atoms with Crippen LogP contribution in [0, 0.1) is 20.8 Å². The molecule has 0 spiro atoms. The molecule has 6 heteroatoms. The number of ether oxygens (including phenoxy) is 2. The standard InChI is InChI=1S/C21H20N2O3S/c1-12-6-13(2)20(14(3)7-12)16-10-27-21(22-16)23-19(24)9-15-4-5-17-18(8-15)26-11-25-17/h4-8,10H,9,11H2,1-3H3,(H,22,23,24). The van der Waals surface area contributed by atoms with E-state index in [2.05, 4.69) is 43.2 Å². The van der Waals surface area contributed by atoms with Gasteiger partial charge in [-0.15, -0.1) is 11.3 Å². The van der Waals surface area contributed by atoms with Gasteiger partial charge in [0.05, 0.1) is 12.1 Å². The van der Waals surface area contributed by atoms with Gasteiger partial charge in [-0.25, -0.2) is 4.98 Å². The second-order valence-electron chi connectivity index (χ2n) is 6.72. The zero-order valence-corrected chi connectivity index (χ0v) is 16.3. The van der Waals surface area contributed by atoms with Crippen molar-refractivity contribution in [2.75, 3.05) is 12.1 Å². The quantitative estimate of drug-likeness (QED) is 0.716. The van der Waals surface area contributed by atoms with Crippen LogP contribution in [0.3, 0.4) is 0 Å². The average Bonchev–Trinajstić information content (AvgIpc) is 3.23. The zero-order chi connectivity index (χ0) is 19.0. The molecule has 1 aliphatic heterocycles. The number of anilines is 1. The zero-order valence-electron chi connectivity index (χ0n) is 15.5. The van der Waals surface area contributed by atoms with Gasteiger partial charge in [0.2, 0.25) is 12.7 Å². The summed E-state index contributed by atoms with van der Waals surface area (Å²) in [5, 5.41) is 5.49. The van der Waals surface area contributed by atoms with Crippen molar-refractivity contribution in [2.24, 2.45) is 0 Å². The van der Waals surface area contributed by atoms with Gasteiger partial charge in [0, 0.05) is 10.9 Å². The summed E-state index contributed by atoms with van der Waals surface area (Å²) in [6, 6.07) is 9.85. The number of nitrogens with zero attached hydrogens (tertiary/aromatic N) is 1. The Morgan fingerprint density at radius 2 is 1.85 bits per heavy atom. The highest BCUT2D eigenvalue weighted by Crippen LogP contribution is 2.33. The average molecular weight is 380 g/mol. The molecule has 0 fully saturated rings. The van der Waals surface area contributed by atoms with Gasteiger partial charge in [-0.1, -0.05) is 23.8 Å². The molecule has 0 saturated carbocycles. The first kappa shape index (κ1) is 17.5. The van der Waals surface area contributed by atoms with Gasteiger partial charge in [0.1, 0.15) is 0 Å². The third-order valence-electron chi connectivity index (χ3n) is 4.49. The number of amides is 1. The lowest BCUT2D eigenvalue weighted by molar-refractivity contribution is -0.115. The summed E-state index contributed by atoms with van der Waals surface area (Å²) in [4.78, 5) is 17.0. The normalized spacial score (nSPS) is 12.3.